The van der Waals surface area contributed by atoms with Crippen LogP contribution in [0.15, 0.2) is 4.99 Å². The average molecular weight is 202 g/mol. The van der Waals surface area contributed by atoms with Crippen LogP contribution in [0.3, 0.4) is 0 Å². The van der Waals surface area contributed by atoms with Crippen molar-refractivity contribution < 1.29 is 4.74 Å². The number of aliphatic imine (C=N–C) groups is 1. The van der Waals surface area contributed by atoms with Crippen LogP contribution in [-0.4, -0.2) is 44.7 Å². The van der Waals surface area contributed by atoms with Crippen molar-refractivity contribution >= 4 is 5.96 Å². The molecular formula is C9H22N4O. The van der Waals surface area contributed by atoms with E-state index in [0.29, 0.717) is 13.2 Å². The molecule has 0 saturated heterocycles. The molecule has 5 nitrogen and oxygen atoms in total. The molecule has 0 aromatic carbocycles. The topological polar surface area (TPSA) is 62.9 Å². The number of methoxy groups -OCH3 is 1. The van der Waals surface area contributed by atoms with Crippen molar-refractivity contribution in [3.8, 4) is 0 Å². The van der Waals surface area contributed by atoms with E-state index in [9.17, 15) is 0 Å². The maximum Gasteiger partial charge on any atom is 0.208 e. The highest BCUT2D eigenvalue weighted by Crippen LogP contribution is 1.92. The maximum atomic E-state index is 5.36. The maximum absolute atomic E-state index is 5.36. The first-order valence-electron chi connectivity index (χ1n) is 4.97. The van der Waals surface area contributed by atoms with E-state index >= 15 is 0 Å². The van der Waals surface area contributed by atoms with Crippen LogP contribution >= 0.6 is 0 Å². The molecule has 0 aliphatic carbocycles. The van der Waals surface area contributed by atoms with Crippen molar-refractivity contribution in [3.63, 3.8) is 0 Å². The first-order chi connectivity index (χ1) is 6.76. The van der Waals surface area contributed by atoms with Gasteiger partial charge in [-0.15, -0.1) is 0 Å². The van der Waals surface area contributed by atoms with E-state index in [2.05, 4.69) is 17.3 Å². The van der Waals surface area contributed by atoms with E-state index in [4.69, 9.17) is 10.6 Å². The fourth-order valence-corrected chi connectivity index (χ4v) is 1.02. The van der Waals surface area contributed by atoms with Crippen molar-refractivity contribution in [2.45, 2.75) is 19.8 Å². The lowest BCUT2D eigenvalue weighted by molar-refractivity contribution is 0.207. The number of nitrogens with one attached hydrogen (secondary N) is 1. The van der Waals surface area contributed by atoms with Gasteiger partial charge in [-0.3, -0.25) is 5.43 Å². The van der Waals surface area contributed by atoms with Gasteiger partial charge in [0.25, 0.3) is 0 Å². The molecule has 0 aliphatic rings. The SMILES string of the molecule is CCCCN(C)C(=NCCOC)NN. The van der Waals surface area contributed by atoms with E-state index in [1.54, 1.807) is 7.11 Å². The van der Waals surface area contributed by atoms with E-state index < -0.39 is 0 Å². The first kappa shape index (κ1) is 13.2. The van der Waals surface area contributed by atoms with Crippen LogP contribution < -0.4 is 11.3 Å². The van der Waals surface area contributed by atoms with Crippen molar-refractivity contribution in [2.24, 2.45) is 10.8 Å². The Morgan fingerprint density at radius 2 is 2.29 bits per heavy atom. The molecule has 3 N–H and O–H groups in total. The Bertz CT molecular complexity index is 161. The van der Waals surface area contributed by atoms with Crippen LogP contribution in [0.1, 0.15) is 19.8 Å². The molecule has 0 spiro atoms. The molecule has 0 saturated carbocycles. The van der Waals surface area contributed by atoms with Crippen molar-refractivity contribution in [1.82, 2.24) is 10.3 Å². The zero-order valence-corrected chi connectivity index (χ0v) is 9.42. The van der Waals surface area contributed by atoms with Gasteiger partial charge in [-0.25, -0.2) is 10.8 Å². The Kier molecular flexibility index (Phi) is 8.27. The number of ether oxygens (including phenoxy) is 1. The molecule has 0 aromatic rings. The number of unbranched alkanes of at least 4 members (excludes halogenated alkanes) is 1. The molecule has 5 heteroatoms. The zero-order valence-electron chi connectivity index (χ0n) is 9.42. The van der Waals surface area contributed by atoms with Gasteiger partial charge in [-0.1, -0.05) is 13.3 Å². The molecule has 0 rings (SSSR count). The summed E-state index contributed by atoms with van der Waals surface area (Å²) in [6.45, 7) is 4.37. The van der Waals surface area contributed by atoms with Gasteiger partial charge in [0.2, 0.25) is 5.96 Å². The predicted molar refractivity (Wildman–Crippen MR) is 59.0 cm³/mol. The fraction of sp³-hybridized carbons (Fsp3) is 0.889. The Hall–Kier alpha value is -0.810. The van der Waals surface area contributed by atoms with Gasteiger partial charge < -0.3 is 9.64 Å². The summed E-state index contributed by atoms with van der Waals surface area (Å²) >= 11 is 0. The monoisotopic (exact) mass is 202 g/mol. The summed E-state index contributed by atoms with van der Waals surface area (Å²) in [7, 11) is 3.63. The van der Waals surface area contributed by atoms with E-state index in [1.165, 1.54) is 6.42 Å². The molecule has 0 fully saturated rings. The van der Waals surface area contributed by atoms with Gasteiger partial charge in [-0.2, -0.15) is 0 Å². The lowest BCUT2D eigenvalue weighted by Gasteiger charge is -2.20. The summed E-state index contributed by atoms with van der Waals surface area (Å²) < 4.78 is 4.90. The molecule has 14 heavy (non-hydrogen) atoms. The van der Waals surface area contributed by atoms with Gasteiger partial charge in [0.1, 0.15) is 0 Å². The number of guanidine groups is 1. The highest BCUT2D eigenvalue weighted by molar-refractivity contribution is 5.79. The van der Waals surface area contributed by atoms with Crippen LogP contribution in [0.5, 0.6) is 0 Å². The first-order valence-corrected chi connectivity index (χ1v) is 4.97. The Morgan fingerprint density at radius 3 is 2.79 bits per heavy atom. The van der Waals surface area contributed by atoms with Crippen LogP contribution in [-0.2, 0) is 4.74 Å². The summed E-state index contributed by atoms with van der Waals surface area (Å²) in [5.74, 6) is 6.08. The number of nitrogens with two attached hydrogens (primary N) is 1. The number of hydrogen-bond donors (Lipinski definition) is 2. The van der Waals surface area contributed by atoms with E-state index in [0.717, 1.165) is 18.9 Å². The number of hydrogen-bond acceptors (Lipinski definition) is 3. The van der Waals surface area contributed by atoms with Gasteiger partial charge in [-0.05, 0) is 6.42 Å². The lowest BCUT2D eigenvalue weighted by Crippen LogP contribution is -2.43. The fourth-order valence-electron chi connectivity index (χ4n) is 1.02. The summed E-state index contributed by atoms with van der Waals surface area (Å²) in [6.07, 6.45) is 2.31. The van der Waals surface area contributed by atoms with E-state index in [1.807, 2.05) is 11.9 Å². The minimum Gasteiger partial charge on any atom is -0.383 e. The van der Waals surface area contributed by atoms with Crippen molar-refractivity contribution in [2.75, 3.05) is 33.9 Å². The third-order valence-electron chi connectivity index (χ3n) is 1.89. The quantitative estimate of drug-likeness (QED) is 0.212. The highest BCUT2D eigenvalue weighted by Gasteiger charge is 2.02. The Morgan fingerprint density at radius 1 is 1.57 bits per heavy atom. The average Bonchev–Trinajstić information content (AvgIpc) is 2.21. The molecule has 0 unspecified atom stereocenters. The van der Waals surface area contributed by atoms with Gasteiger partial charge in [0, 0.05) is 20.7 Å². The molecule has 0 amide bonds. The summed E-state index contributed by atoms with van der Waals surface area (Å²) in [5, 5.41) is 0. The molecular weight excluding hydrogens is 180 g/mol. The van der Waals surface area contributed by atoms with Crippen molar-refractivity contribution in [1.29, 1.82) is 0 Å². The molecule has 84 valence electrons. The molecule has 0 radical (unpaired) electrons. The molecule has 0 aromatic heterocycles. The zero-order chi connectivity index (χ0) is 10.8. The minimum absolute atomic E-state index is 0.618. The standard InChI is InChI=1S/C9H22N4O/c1-4-5-7-13(2)9(12-10)11-6-8-14-3/h4-8,10H2,1-3H3,(H,11,12). The Balaban J connectivity index is 3.90. The third-order valence-corrected chi connectivity index (χ3v) is 1.89. The second-order valence-electron chi connectivity index (χ2n) is 3.12. The van der Waals surface area contributed by atoms with Crippen LogP contribution in [0.4, 0.5) is 0 Å². The largest absolute Gasteiger partial charge is 0.383 e. The van der Waals surface area contributed by atoms with Gasteiger partial charge >= 0.3 is 0 Å². The van der Waals surface area contributed by atoms with Gasteiger partial charge in [0.05, 0.1) is 13.2 Å². The second kappa shape index (κ2) is 8.77. The Labute approximate surface area is 86.3 Å². The normalized spacial score (nSPS) is 11.6. The van der Waals surface area contributed by atoms with Crippen LogP contribution in [0.25, 0.3) is 0 Å². The predicted octanol–water partition coefficient (Wildman–Crippen LogP) is 0.184. The molecule has 0 heterocycles. The summed E-state index contributed by atoms with van der Waals surface area (Å²) in [4.78, 5) is 6.28. The second-order valence-corrected chi connectivity index (χ2v) is 3.12. The summed E-state index contributed by atoms with van der Waals surface area (Å²) in [5.41, 5.74) is 2.59. The number of nitrogens with zero attached hydrogens (tertiary/aromatic N) is 2. The smallest absolute Gasteiger partial charge is 0.208 e. The van der Waals surface area contributed by atoms with Gasteiger partial charge in [0.15, 0.2) is 0 Å². The highest BCUT2D eigenvalue weighted by atomic mass is 16.5. The number of hydrazine groups is 1. The number of rotatable bonds is 6. The summed E-state index contributed by atoms with van der Waals surface area (Å²) in [6, 6.07) is 0. The molecule has 0 atom stereocenters. The molecule has 0 bridgehead atoms. The van der Waals surface area contributed by atoms with E-state index in [-0.39, 0.29) is 0 Å². The van der Waals surface area contributed by atoms with Crippen LogP contribution in [0, 0.1) is 0 Å². The van der Waals surface area contributed by atoms with Crippen molar-refractivity contribution in [3.05, 3.63) is 0 Å². The minimum atomic E-state index is 0.618. The van der Waals surface area contributed by atoms with Crippen LogP contribution in [0.2, 0.25) is 0 Å². The molecule has 0 aliphatic heterocycles. The third kappa shape index (κ3) is 5.77. The lowest BCUT2D eigenvalue weighted by atomic mass is 10.3.